The monoisotopic (exact) mass is 286 g/mol. The summed E-state index contributed by atoms with van der Waals surface area (Å²) in [6.07, 6.45) is 3.77. The van der Waals surface area contributed by atoms with Crippen molar-refractivity contribution in [2.75, 3.05) is 0 Å². The van der Waals surface area contributed by atoms with Crippen LogP contribution in [0.4, 0.5) is 0 Å². The van der Waals surface area contributed by atoms with E-state index >= 15 is 0 Å². The largest absolute Gasteiger partial charge is 0.419 e. The van der Waals surface area contributed by atoms with E-state index in [0.717, 1.165) is 5.56 Å². The predicted molar refractivity (Wildman–Crippen MR) is 81.2 cm³/mol. The van der Waals surface area contributed by atoms with Crippen molar-refractivity contribution in [3.8, 4) is 11.5 Å². The van der Waals surface area contributed by atoms with E-state index in [-0.39, 0.29) is 0 Å². The van der Waals surface area contributed by atoms with Crippen LogP contribution in [0.3, 0.4) is 0 Å². The summed E-state index contributed by atoms with van der Waals surface area (Å²) in [4.78, 5) is 0. The molecule has 2 atom stereocenters. The molecular weight excluding hydrogens is 264 g/mol. The van der Waals surface area contributed by atoms with Gasteiger partial charge < -0.3 is 4.42 Å². The van der Waals surface area contributed by atoms with Gasteiger partial charge in [-0.1, -0.05) is 24.6 Å². The number of hydrogen-bond donors (Lipinski definition) is 1. The minimum Gasteiger partial charge on any atom is -0.419 e. The van der Waals surface area contributed by atoms with E-state index in [2.05, 4.69) is 34.5 Å². The molecule has 0 bridgehead atoms. The first kappa shape index (κ1) is 14.2. The summed E-state index contributed by atoms with van der Waals surface area (Å²) < 4.78 is 5.72. The van der Waals surface area contributed by atoms with Gasteiger partial charge in [-0.05, 0) is 38.8 Å². The van der Waals surface area contributed by atoms with E-state index in [1.54, 1.807) is 0 Å². The van der Waals surface area contributed by atoms with Crippen LogP contribution >= 0.6 is 0 Å². The Kier molecular flexibility index (Phi) is 4.31. The smallest absolute Gasteiger partial charge is 0.247 e. The van der Waals surface area contributed by atoms with E-state index in [0.29, 0.717) is 30.4 Å². The van der Waals surface area contributed by atoms with Crippen LogP contribution in [-0.4, -0.2) is 27.3 Å². The maximum absolute atomic E-state index is 5.72. The lowest BCUT2D eigenvalue weighted by atomic mass is 10.00. The normalized spacial score (nSPS) is 23.3. The fourth-order valence-electron chi connectivity index (χ4n) is 2.91. The molecular formula is C16H22N4O. The van der Waals surface area contributed by atoms with Gasteiger partial charge in [0.05, 0.1) is 6.54 Å². The summed E-state index contributed by atoms with van der Waals surface area (Å²) in [5.74, 6) is 1.20. The second-order valence-corrected chi connectivity index (χ2v) is 5.74. The molecule has 21 heavy (non-hydrogen) atoms. The molecule has 1 N–H and O–H groups in total. The lowest BCUT2D eigenvalue weighted by molar-refractivity contribution is 0.0406. The molecule has 1 aromatic heterocycles. The highest BCUT2D eigenvalue weighted by atomic mass is 16.4. The molecule has 2 heterocycles. The number of benzene rings is 1. The Morgan fingerprint density at radius 1 is 1.14 bits per heavy atom. The molecule has 2 unspecified atom stereocenters. The van der Waals surface area contributed by atoms with Gasteiger partial charge in [0.1, 0.15) is 0 Å². The van der Waals surface area contributed by atoms with Gasteiger partial charge in [-0.25, -0.2) is 10.4 Å². The molecule has 0 spiro atoms. The van der Waals surface area contributed by atoms with E-state index in [1.807, 2.05) is 30.3 Å². The molecule has 1 aliphatic heterocycles. The fourth-order valence-corrected chi connectivity index (χ4v) is 2.91. The van der Waals surface area contributed by atoms with E-state index in [9.17, 15) is 0 Å². The van der Waals surface area contributed by atoms with Gasteiger partial charge in [0, 0.05) is 17.6 Å². The Morgan fingerprint density at radius 2 is 1.86 bits per heavy atom. The standard InChI is InChI=1S/C16H22N4O/c1-12-7-6-8-13(2)20(12)17-11-15-18-19-16(21-15)14-9-4-3-5-10-14/h3-5,9-10,12-13,17H,6-8,11H2,1-2H3. The molecule has 1 fully saturated rings. The third kappa shape index (κ3) is 3.31. The molecule has 112 valence electrons. The van der Waals surface area contributed by atoms with Gasteiger partial charge in [-0.3, -0.25) is 0 Å². The van der Waals surface area contributed by atoms with Crippen LogP contribution in [-0.2, 0) is 6.54 Å². The predicted octanol–water partition coefficient (Wildman–Crippen LogP) is 3.00. The van der Waals surface area contributed by atoms with Gasteiger partial charge in [0.2, 0.25) is 11.8 Å². The van der Waals surface area contributed by atoms with Gasteiger partial charge in [-0.15, -0.1) is 10.2 Å². The number of nitrogens with zero attached hydrogens (tertiary/aromatic N) is 3. The minimum absolute atomic E-state index is 0.547. The van der Waals surface area contributed by atoms with Crippen molar-refractivity contribution in [2.24, 2.45) is 0 Å². The first-order chi connectivity index (χ1) is 10.2. The van der Waals surface area contributed by atoms with Crippen molar-refractivity contribution >= 4 is 0 Å². The topological polar surface area (TPSA) is 54.2 Å². The van der Waals surface area contributed by atoms with Crippen molar-refractivity contribution in [3.63, 3.8) is 0 Å². The van der Waals surface area contributed by atoms with Gasteiger partial charge in [-0.2, -0.15) is 0 Å². The van der Waals surface area contributed by atoms with E-state index < -0.39 is 0 Å². The minimum atomic E-state index is 0.547. The Morgan fingerprint density at radius 3 is 2.57 bits per heavy atom. The highest BCUT2D eigenvalue weighted by Crippen LogP contribution is 2.21. The average molecular weight is 286 g/mol. The maximum atomic E-state index is 5.72. The maximum Gasteiger partial charge on any atom is 0.247 e. The van der Waals surface area contributed by atoms with Crippen molar-refractivity contribution in [2.45, 2.75) is 51.7 Å². The van der Waals surface area contributed by atoms with Crippen molar-refractivity contribution in [3.05, 3.63) is 36.2 Å². The van der Waals surface area contributed by atoms with Gasteiger partial charge >= 0.3 is 0 Å². The molecule has 5 heteroatoms. The molecule has 0 aliphatic carbocycles. The Labute approximate surface area is 125 Å². The van der Waals surface area contributed by atoms with Crippen molar-refractivity contribution < 1.29 is 4.42 Å². The van der Waals surface area contributed by atoms with Gasteiger partial charge in [0.15, 0.2) is 0 Å². The Bertz CT molecular complexity index is 559. The van der Waals surface area contributed by atoms with Crippen molar-refractivity contribution in [1.29, 1.82) is 0 Å². The summed E-state index contributed by atoms with van der Waals surface area (Å²) in [7, 11) is 0. The number of aromatic nitrogens is 2. The second kappa shape index (κ2) is 6.37. The lowest BCUT2D eigenvalue weighted by Crippen LogP contribution is -2.51. The molecule has 5 nitrogen and oxygen atoms in total. The van der Waals surface area contributed by atoms with Crippen LogP contribution in [0, 0.1) is 0 Å². The zero-order valence-corrected chi connectivity index (χ0v) is 12.6. The number of hydrazine groups is 1. The van der Waals surface area contributed by atoms with Gasteiger partial charge in [0.25, 0.3) is 0 Å². The quantitative estimate of drug-likeness (QED) is 0.936. The fraction of sp³-hybridized carbons (Fsp3) is 0.500. The van der Waals surface area contributed by atoms with Crippen LogP contribution in [0.1, 0.15) is 39.0 Å². The molecule has 3 rings (SSSR count). The first-order valence-corrected chi connectivity index (χ1v) is 7.63. The number of hydrogen-bond acceptors (Lipinski definition) is 5. The average Bonchev–Trinajstić information content (AvgIpc) is 2.97. The summed E-state index contributed by atoms with van der Waals surface area (Å²) in [6.45, 7) is 5.09. The summed E-state index contributed by atoms with van der Waals surface area (Å²) in [5.41, 5.74) is 4.39. The highest BCUT2D eigenvalue weighted by molar-refractivity contribution is 5.51. The lowest BCUT2D eigenvalue weighted by Gasteiger charge is -2.38. The zero-order chi connectivity index (χ0) is 14.7. The van der Waals surface area contributed by atoms with E-state index in [1.165, 1.54) is 19.3 Å². The second-order valence-electron chi connectivity index (χ2n) is 5.74. The molecule has 0 radical (unpaired) electrons. The molecule has 2 aromatic rings. The van der Waals surface area contributed by atoms with Crippen LogP contribution in [0.2, 0.25) is 0 Å². The molecule has 0 amide bonds. The summed E-state index contributed by atoms with van der Waals surface area (Å²) in [6, 6.07) is 10.9. The Hall–Kier alpha value is -1.72. The number of rotatable bonds is 4. The molecule has 1 saturated heterocycles. The molecule has 1 aromatic carbocycles. The zero-order valence-electron chi connectivity index (χ0n) is 12.6. The molecule has 0 saturated carbocycles. The highest BCUT2D eigenvalue weighted by Gasteiger charge is 2.24. The van der Waals surface area contributed by atoms with Crippen LogP contribution < -0.4 is 5.43 Å². The van der Waals surface area contributed by atoms with Crippen LogP contribution in [0.25, 0.3) is 11.5 Å². The van der Waals surface area contributed by atoms with Crippen LogP contribution in [0.5, 0.6) is 0 Å². The SMILES string of the molecule is CC1CCCC(C)N1NCc1nnc(-c2ccccc2)o1. The summed E-state index contributed by atoms with van der Waals surface area (Å²) in [5, 5.41) is 10.5. The first-order valence-electron chi connectivity index (χ1n) is 7.63. The third-order valence-electron chi connectivity index (χ3n) is 4.09. The number of piperidine rings is 1. The van der Waals surface area contributed by atoms with Crippen LogP contribution in [0.15, 0.2) is 34.7 Å². The molecule has 1 aliphatic rings. The van der Waals surface area contributed by atoms with Crippen molar-refractivity contribution in [1.82, 2.24) is 20.6 Å². The third-order valence-corrected chi connectivity index (χ3v) is 4.09. The summed E-state index contributed by atoms with van der Waals surface area (Å²) >= 11 is 0. The van der Waals surface area contributed by atoms with E-state index in [4.69, 9.17) is 4.42 Å². The number of nitrogens with one attached hydrogen (secondary N) is 1. The Balaban J connectivity index is 1.62.